The molecule has 6 aromatic rings. The Labute approximate surface area is 379 Å². The molecule has 0 aliphatic carbocycles. The Morgan fingerprint density at radius 2 is 1.69 bits per heavy atom. The number of para-hydroxylation sites is 1. The zero-order valence-electron chi connectivity index (χ0n) is 36.3. The fourth-order valence-electron chi connectivity index (χ4n) is 8.08. The number of imide groups is 1. The van der Waals surface area contributed by atoms with Crippen LogP contribution in [-0.4, -0.2) is 110 Å². The van der Waals surface area contributed by atoms with Crippen LogP contribution in [0, 0.1) is 11.8 Å². The number of amides is 4. The maximum absolute atomic E-state index is 13.1. The topological polar surface area (TPSA) is 193 Å². The Kier molecular flexibility index (Phi) is 14.6. The van der Waals surface area contributed by atoms with E-state index in [1.165, 1.54) is 15.9 Å². The minimum absolute atomic E-state index is 0.0380. The van der Waals surface area contributed by atoms with Gasteiger partial charge in [-0.1, -0.05) is 36.1 Å². The summed E-state index contributed by atoms with van der Waals surface area (Å²) in [5.41, 5.74) is 6.35. The average molecular weight is 902 g/mol. The highest BCUT2D eigenvalue weighted by molar-refractivity contribution is 7.21. The molecule has 1 fully saturated rings. The maximum Gasteiger partial charge on any atom is 0.329 e. The van der Waals surface area contributed by atoms with E-state index < -0.39 is 11.9 Å². The molecular weight excluding hydrogens is 851 g/mol. The molecule has 3 aromatic carbocycles. The number of aromatic nitrogens is 3. The van der Waals surface area contributed by atoms with Crippen LogP contribution in [0.3, 0.4) is 0 Å². The number of nitrogens with zero attached hydrogens (tertiary/aromatic N) is 3. The summed E-state index contributed by atoms with van der Waals surface area (Å²) in [7, 11) is 1.68. The Morgan fingerprint density at radius 3 is 2.49 bits per heavy atom. The van der Waals surface area contributed by atoms with E-state index in [2.05, 4.69) is 39.2 Å². The number of hydrogen-bond donors (Lipinski definition) is 4. The normalized spacial score (nSPS) is 16.1. The van der Waals surface area contributed by atoms with E-state index in [9.17, 15) is 24.0 Å². The summed E-state index contributed by atoms with van der Waals surface area (Å²) in [6.07, 6.45) is 1.51. The summed E-state index contributed by atoms with van der Waals surface area (Å²) >= 11 is 1.49. The number of piperidine rings is 1. The van der Waals surface area contributed by atoms with Crippen LogP contribution in [0.1, 0.15) is 53.0 Å². The van der Waals surface area contributed by atoms with Gasteiger partial charge in [0.1, 0.15) is 17.5 Å². The van der Waals surface area contributed by atoms with Crippen molar-refractivity contribution in [2.75, 3.05) is 71.3 Å². The Hall–Kier alpha value is -6.42. The molecule has 17 heteroatoms. The molecular formula is C48H51N7O9S. The summed E-state index contributed by atoms with van der Waals surface area (Å²) in [5.74, 6) is 5.26. The molecule has 2 aliphatic rings. The van der Waals surface area contributed by atoms with Crippen molar-refractivity contribution in [1.29, 1.82) is 0 Å². The number of rotatable bonds is 18. The molecule has 0 radical (unpaired) electrons. The summed E-state index contributed by atoms with van der Waals surface area (Å²) in [4.78, 5) is 68.0. The molecule has 338 valence electrons. The maximum atomic E-state index is 13.1. The summed E-state index contributed by atoms with van der Waals surface area (Å²) in [6, 6.07) is 20.9. The van der Waals surface area contributed by atoms with Crippen molar-refractivity contribution in [3.63, 3.8) is 0 Å². The number of nitrogens with one attached hydrogen (secondary N) is 4. The van der Waals surface area contributed by atoms with Gasteiger partial charge in [-0.15, -0.1) is 11.3 Å². The number of anilines is 1. The largest absolute Gasteiger partial charge is 0.381 e. The molecule has 16 nitrogen and oxygen atoms in total. The van der Waals surface area contributed by atoms with Crippen LogP contribution in [0.4, 0.5) is 5.69 Å². The summed E-state index contributed by atoms with van der Waals surface area (Å²) < 4.78 is 26.4. The van der Waals surface area contributed by atoms with Gasteiger partial charge in [0.05, 0.1) is 74.2 Å². The van der Waals surface area contributed by atoms with E-state index in [0.29, 0.717) is 76.0 Å². The highest BCUT2D eigenvalue weighted by atomic mass is 32.1. The second kappa shape index (κ2) is 21.0. The third kappa shape index (κ3) is 10.6. The highest BCUT2D eigenvalue weighted by Crippen LogP contribution is 2.41. The predicted octanol–water partition coefficient (Wildman–Crippen LogP) is 4.46. The van der Waals surface area contributed by atoms with Crippen LogP contribution in [0.5, 0.6) is 0 Å². The number of hydrogen-bond acceptors (Lipinski definition) is 12. The van der Waals surface area contributed by atoms with E-state index >= 15 is 0 Å². The number of carbonyl (C=O) groups is 4. The smallest absolute Gasteiger partial charge is 0.329 e. The molecule has 2 atom stereocenters. The first-order valence-corrected chi connectivity index (χ1v) is 22.6. The first kappa shape index (κ1) is 45.2. The van der Waals surface area contributed by atoms with Crippen molar-refractivity contribution >= 4 is 72.7 Å². The number of pyridine rings is 1. The average Bonchev–Trinajstić information content (AvgIpc) is 3.76. The third-order valence-electron chi connectivity index (χ3n) is 11.2. The standard InChI is InChI=1S/C48H51N7O9S/c1-30-28-50-43-42-34-12-13-35(52-36(34)14-16-39(42)65-45(43)47(59)51-30)33-10-5-8-31(27-33)7-3-4-19-49-41(57)29-64-26-25-63-24-23-62-22-21-61-20-18-32-9-6-11-37-44(32)54(2)48(60)55(37)38-15-17-40(56)53-46(38)58/h5-6,8-14,16,27,30,38,50H,4,15,17-26,28-29H2,1-2H3,(H,49,57)(H,51,59)(H,53,56,58)/t30-,38?/m1/s1. The molecule has 5 heterocycles. The van der Waals surface area contributed by atoms with Crippen LogP contribution in [-0.2, 0) is 46.8 Å². The molecule has 0 spiro atoms. The van der Waals surface area contributed by atoms with Crippen LogP contribution >= 0.6 is 11.3 Å². The van der Waals surface area contributed by atoms with Crippen LogP contribution in [0.25, 0.3) is 43.3 Å². The summed E-state index contributed by atoms with van der Waals surface area (Å²) in [6.45, 7) is 5.49. The quantitative estimate of drug-likeness (QED) is 0.0541. The Balaban J connectivity index is 0.677. The number of imidazole rings is 1. The first-order chi connectivity index (χ1) is 31.7. The number of benzene rings is 3. The van der Waals surface area contributed by atoms with Gasteiger partial charge in [0.15, 0.2) is 0 Å². The lowest BCUT2D eigenvalue weighted by Gasteiger charge is -2.21. The number of thiophene rings is 1. The number of ether oxygens (including phenoxy) is 4. The molecule has 65 heavy (non-hydrogen) atoms. The molecule has 8 rings (SSSR count). The van der Waals surface area contributed by atoms with E-state index in [-0.39, 0.29) is 55.5 Å². The molecule has 0 saturated carbocycles. The molecule has 1 saturated heterocycles. The molecule has 4 amide bonds. The van der Waals surface area contributed by atoms with Crippen molar-refractivity contribution in [2.45, 2.75) is 44.7 Å². The minimum Gasteiger partial charge on any atom is -0.381 e. The van der Waals surface area contributed by atoms with Crippen molar-refractivity contribution in [2.24, 2.45) is 7.05 Å². The van der Waals surface area contributed by atoms with Gasteiger partial charge in [-0.3, -0.25) is 33.6 Å². The lowest BCUT2D eigenvalue weighted by Crippen LogP contribution is -2.44. The van der Waals surface area contributed by atoms with Gasteiger partial charge in [0.25, 0.3) is 5.91 Å². The monoisotopic (exact) mass is 901 g/mol. The second-order valence-corrected chi connectivity index (χ2v) is 16.9. The minimum atomic E-state index is -0.730. The second-order valence-electron chi connectivity index (χ2n) is 15.8. The van der Waals surface area contributed by atoms with E-state index in [1.807, 2.05) is 67.6 Å². The van der Waals surface area contributed by atoms with Gasteiger partial charge in [-0.2, -0.15) is 0 Å². The highest BCUT2D eigenvalue weighted by Gasteiger charge is 2.32. The van der Waals surface area contributed by atoms with Gasteiger partial charge < -0.3 is 34.9 Å². The van der Waals surface area contributed by atoms with Crippen molar-refractivity contribution in [3.8, 4) is 23.1 Å². The van der Waals surface area contributed by atoms with Crippen molar-refractivity contribution in [3.05, 3.63) is 93.2 Å². The van der Waals surface area contributed by atoms with Crippen molar-refractivity contribution < 1.29 is 38.1 Å². The lowest BCUT2D eigenvalue weighted by atomic mass is 10.0. The van der Waals surface area contributed by atoms with E-state index in [4.69, 9.17) is 23.9 Å². The lowest BCUT2D eigenvalue weighted by molar-refractivity contribution is -0.135. The van der Waals surface area contributed by atoms with Crippen molar-refractivity contribution in [1.82, 2.24) is 30.1 Å². The van der Waals surface area contributed by atoms with Gasteiger partial charge >= 0.3 is 5.69 Å². The zero-order chi connectivity index (χ0) is 45.3. The molecule has 0 bridgehead atoms. The fourth-order valence-corrected chi connectivity index (χ4v) is 9.18. The Morgan fingerprint density at radius 1 is 0.923 bits per heavy atom. The van der Waals surface area contributed by atoms with Gasteiger partial charge in [-0.05, 0) is 67.8 Å². The predicted molar refractivity (Wildman–Crippen MR) is 248 cm³/mol. The number of aryl methyl sites for hydroxylation is 1. The molecule has 3 aromatic heterocycles. The molecule has 4 N–H and O–H groups in total. The number of fused-ring (bicyclic) bond motifs is 6. The van der Waals surface area contributed by atoms with Gasteiger partial charge in [0, 0.05) is 65.6 Å². The van der Waals surface area contributed by atoms with Gasteiger partial charge in [-0.25, -0.2) is 9.78 Å². The Bertz CT molecular complexity index is 2870. The number of carbonyl (C=O) groups excluding carboxylic acids is 4. The molecule has 2 aliphatic heterocycles. The van der Waals surface area contributed by atoms with Crippen LogP contribution < -0.4 is 27.0 Å². The third-order valence-corrected chi connectivity index (χ3v) is 12.4. The molecule has 1 unspecified atom stereocenters. The van der Waals surface area contributed by atoms with E-state index in [1.54, 1.807) is 11.6 Å². The van der Waals surface area contributed by atoms with E-state index in [0.717, 1.165) is 54.6 Å². The van der Waals surface area contributed by atoms with Crippen LogP contribution in [0.2, 0.25) is 0 Å². The van der Waals surface area contributed by atoms with Gasteiger partial charge in [0.2, 0.25) is 17.7 Å². The summed E-state index contributed by atoms with van der Waals surface area (Å²) in [5, 5.41) is 13.7. The SMILES string of the molecule is C[C@@H]1CNc2c(sc3ccc4nc(-c5cccc(C#CCCNC(=O)COCCOCCOCCOCCc6cccc7c6n(C)c(=O)n7C6CCC(=O)NC6=O)c5)ccc4c23)C(=O)N1. The zero-order valence-corrected chi connectivity index (χ0v) is 37.1. The first-order valence-electron chi connectivity index (χ1n) is 21.8. The van der Waals surface area contributed by atoms with Crippen LogP contribution in [0.15, 0.2) is 71.5 Å². The fraction of sp³-hybridized carbons (Fsp3) is 0.375.